The van der Waals surface area contributed by atoms with Crippen LogP contribution in [0.4, 0.5) is 0 Å². The summed E-state index contributed by atoms with van der Waals surface area (Å²) in [7, 11) is 0. The number of fused-ring (bicyclic) bond motifs is 10. The molecular formula is C42H28N2O. The molecule has 3 nitrogen and oxygen atoms in total. The minimum absolute atomic E-state index is 0.0876. The highest BCUT2D eigenvalue weighted by atomic mass is 16.5. The molecule has 2 unspecified atom stereocenters. The van der Waals surface area contributed by atoms with Gasteiger partial charge in [0.15, 0.2) is 0 Å². The number of hydrogen-bond acceptors (Lipinski definition) is 1. The molecule has 3 heterocycles. The SMILES string of the molecule is C1=CC2Oc3ccc(-c4cccc(-n5c6ccccc6c6ccc7c(c8ccccc8n7-c7ccccc7)c65)c4)cc3C2C=C1. The van der Waals surface area contributed by atoms with Crippen molar-refractivity contribution < 1.29 is 4.74 Å². The van der Waals surface area contributed by atoms with Crippen molar-refractivity contribution >= 4 is 43.6 Å². The lowest BCUT2D eigenvalue weighted by Gasteiger charge is -2.14. The quantitative estimate of drug-likeness (QED) is 0.205. The third-order valence-corrected chi connectivity index (χ3v) is 9.64. The first-order valence-corrected chi connectivity index (χ1v) is 15.6. The van der Waals surface area contributed by atoms with Crippen molar-refractivity contribution in [3.05, 3.63) is 163 Å². The molecule has 0 saturated carbocycles. The lowest BCUT2D eigenvalue weighted by molar-refractivity contribution is 0.269. The van der Waals surface area contributed by atoms with Crippen molar-refractivity contribution in [1.82, 2.24) is 9.13 Å². The smallest absolute Gasteiger partial charge is 0.128 e. The van der Waals surface area contributed by atoms with Crippen LogP contribution in [0, 0.1) is 0 Å². The number of aromatic nitrogens is 2. The summed E-state index contributed by atoms with van der Waals surface area (Å²) in [5.41, 5.74) is 10.8. The maximum absolute atomic E-state index is 6.25. The molecule has 6 aromatic carbocycles. The van der Waals surface area contributed by atoms with Crippen LogP contribution in [0.15, 0.2) is 158 Å². The van der Waals surface area contributed by atoms with Crippen LogP contribution in [0.25, 0.3) is 66.1 Å². The first-order valence-electron chi connectivity index (χ1n) is 15.6. The molecule has 2 aliphatic rings. The van der Waals surface area contributed by atoms with Gasteiger partial charge in [-0.05, 0) is 71.8 Å². The Balaban J connectivity index is 1.25. The first kappa shape index (κ1) is 24.6. The van der Waals surface area contributed by atoms with Crippen LogP contribution in [-0.4, -0.2) is 15.2 Å². The summed E-state index contributed by atoms with van der Waals surface area (Å²) >= 11 is 0. The highest BCUT2D eigenvalue weighted by Gasteiger charge is 2.32. The highest BCUT2D eigenvalue weighted by molar-refractivity contribution is 6.26. The summed E-state index contributed by atoms with van der Waals surface area (Å²) in [5, 5.41) is 5.04. The average Bonchev–Trinajstić information content (AvgIpc) is 3.76. The summed E-state index contributed by atoms with van der Waals surface area (Å²) in [6.45, 7) is 0. The Labute approximate surface area is 260 Å². The molecule has 1 aliphatic carbocycles. The van der Waals surface area contributed by atoms with E-state index >= 15 is 0 Å². The average molecular weight is 577 g/mol. The fourth-order valence-electron chi connectivity index (χ4n) is 7.68. The molecule has 3 heteroatoms. The Morgan fingerprint density at radius 1 is 0.489 bits per heavy atom. The number of allylic oxidation sites excluding steroid dienone is 2. The molecule has 0 amide bonds. The van der Waals surface area contributed by atoms with Crippen LogP contribution < -0.4 is 4.74 Å². The maximum Gasteiger partial charge on any atom is 0.128 e. The van der Waals surface area contributed by atoms with E-state index in [2.05, 4.69) is 167 Å². The van der Waals surface area contributed by atoms with Crippen LogP contribution >= 0.6 is 0 Å². The van der Waals surface area contributed by atoms with E-state index in [1.807, 2.05) is 0 Å². The van der Waals surface area contributed by atoms with Crippen LogP contribution in [0.2, 0.25) is 0 Å². The minimum Gasteiger partial charge on any atom is -0.485 e. The molecule has 0 bridgehead atoms. The van der Waals surface area contributed by atoms with Crippen LogP contribution in [0.5, 0.6) is 5.75 Å². The second-order valence-electron chi connectivity index (χ2n) is 12.1. The lowest BCUT2D eigenvalue weighted by atomic mass is 9.90. The van der Waals surface area contributed by atoms with Gasteiger partial charge in [0.2, 0.25) is 0 Å². The van der Waals surface area contributed by atoms with E-state index in [1.54, 1.807) is 0 Å². The molecule has 0 radical (unpaired) electrons. The fourth-order valence-corrected chi connectivity index (χ4v) is 7.68. The van der Waals surface area contributed by atoms with Gasteiger partial charge in [-0.3, -0.25) is 0 Å². The Hall–Kier alpha value is -5.80. The van der Waals surface area contributed by atoms with Gasteiger partial charge < -0.3 is 13.9 Å². The van der Waals surface area contributed by atoms with Gasteiger partial charge in [0, 0.05) is 44.4 Å². The molecule has 212 valence electrons. The minimum atomic E-state index is 0.0876. The lowest BCUT2D eigenvalue weighted by Crippen LogP contribution is -2.15. The summed E-state index contributed by atoms with van der Waals surface area (Å²) in [6, 6.07) is 48.5. The fraction of sp³-hybridized carbons (Fsp3) is 0.0476. The molecule has 45 heavy (non-hydrogen) atoms. The molecule has 0 N–H and O–H groups in total. The zero-order valence-corrected chi connectivity index (χ0v) is 24.5. The Kier molecular flexibility index (Phi) is 5.11. The van der Waals surface area contributed by atoms with Crippen molar-refractivity contribution in [2.75, 3.05) is 0 Å². The molecule has 0 saturated heterocycles. The van der Waals surface area contributed by atoms with Gasteiger partial charge in [-0.2, -0.15) is 0 Å². The predicted molar refractivity (Wildman–Crippen MR) is 186 cm³/mol. The molecular weight excluding hydrogens is 548 g/mol. The van der Waals surface area contributed by atoms with E-state index in [4.69, 9.17) is 4.74 Å². The van der Waals surface area contributed by atoms with Crippen LogP contribution in [0.1, 0.15) is 11.5 Å². The first-order chi connectivity index (χ1) is 22.3. The molecule has 2 aromatic heterocycles. The van der Waals surface area contributed by atoms with E-state index in [1.165, 1.54) is 66.0 Å². The second-order valence-corrected chi connectivity index (χ2v) is 12.1. The highest BCUT2D eigenvalue weighted by Crippen LogP contribution is 2.44. The molecule has 0 fully saturated rings. The molecule has 8 aromatic rings. The van der Waals surface area contributed by atoms with Crippen LogP contribution in [-0.2, 0) is 0 Å². The van der Waals surface area contributed by atoms with Crippen molar-refractivity contribution in [2.24, 2.45) is 0 Å². The number of hydrogen-bond donors (Lipinski definition) is 0. The van der Waals surface area contributed by atoms with Gasteiger partial charge in [0.1, 0.15) is 11.9 Å². The van der Waals surface area contributed by atoms with E-state index in [0.717, 1.165) is 11.4 Å². The van der Waals surface area contributed by atoms with Crippen molar-refractivity contribution in [3.8, 4) is 28.3 Å². The van der Waals surface area contributed by atoms with Gasteiger partial charge in [0.05, 0.1) is 22.1 Å². The topological polar surface area (TPSA) is 19.1 Å². The van der Waals surface area contributed by atoms with Gasteiger partial charge in [-0.1, -0.05) is 97.1 Å². The Bertz CT molecular complexity index is 2530. The normalized spacial score (nSPS) is 16.9. The zero-order valence-electron chi connectivity index (χ0n) is 24.5. The standard InChI is InChI=1S/C42H28N2O/c1-2-12-29(13-3-1)43-37-19-8-5-17-34(37)41-38(43)23-22-33-31-15-4-7-18-36(31)44(42(33)41)30-14-10-11-27(25-30)28-21-24-40-35(26-28)32-16-6-9-20-39(32)45-40/h1-26,32,39H. The Morgan fingerprint density at radius 3 is 2.11 bits per heavy atom. The van der Waals surface area contributed by atoms with Crippen molar-refractivity contribution in [1.29, 1.82) is 0 Å². The number of para-hydroxylation sites is 3. The van der Waals surface area contributed by atoms with E-state index < -0.39 is 0 Å². The summed E-state index contributed by atoms with van der Waals surface area (Å²) in [6.07, 6.45) is 8.71. The number of benzene rings is 6. The third-order valence-electron chi connectivity index (χ3n) is 9.64. The number of rotatable bonds is 3. The molecule has 1 aliphatic heterocycles. The summed E-state index contributed by atoms with van der Waals surface area (Å²) in [5.74, 6) is 1.25. The van der Waals surface area contributed by atoms with Gasteiger partial charge in [-0.15, -0.1) is 0 Å². The van der Waals surface area contributed by atoms with Crippen LogP contribution in [0.3, 0.4) is 0 Å². The van der Waals surface area contributed by atoms with Gasteiger partial charge in [-0.25, -0.2) is 0 Å². The predicted octanol–water partition coefficient (Wildman–Crippen LogP) is 10.5. The molecule has 10 rings (SSSR count). The van der Waals surface area contributed by atoms with E-state index in [-0.39, 0.29) is 12.0 Å². The Morgan fingerprint density at radius 2 is 1.22 bits per heavy atom. The largest absolute Gasteiger partial charge is 0.485 e. The summed E-state index contributed by atoms with van der Waals surface area (Å²) < 4.78 is 11.1. The molecule has 0 spiro atoms. The monoisotopic (exact) mass is 576 g/mol. The van der Waals surface area contributed by atoms with Crippen molar-refractivity contribution in [3.63, 3.8) is 0 Å². The maximum atomic E-state index is 6.25. The molecule has 2 atom stereocenters. The van der Waals surface area contributed by atoms with E-state index in [9.17, 15) is 0 Å². The third kappa shape index (κ3) is 3.52. The zero-order chi connectivity index (χ0) is 29.5. The number of ether oxygens (including phenoxy) is 1. The second kappa shape index (κ2) is 9.35. The summed E-state index contributed by atoms with van der Waals surface area (Å²) in [4.78, 5) is 0. The number of nitrogens with zero attached hydrogens (tertiary/aromatic N) is 2. The van der Waals surface area contributed by atoms with E-state index in [0.29, 0.717) is 0 Å². The van der Waals surface area contributed by atoms with Gasteiger partial charge in [0.25, 0.3) is 0 Å². The van der Waals surface area contributed by atoms with Gasteiger partial charge >= 0.3 is 0 Å². The van der Waals surface area contributed by atoms with Crippen molar-refractivity contribution in [2.45, 2.75) is 12.0 Å².